The Morgan fingerprint density at radius 1 is 1.19 bits per heavy atom. The number of hydrogen-bond acceptors (Lipinski definition) is 8. The van der Waals surface area contributed by atoms with Crippen LogP contribution in [-0.2, 0) is 4.79 Å². The molecule has 2 aliphatic heterocycles. The van der Waals surface area contributed by atoms with Crippen LogP contribution in [0.15, 0.2) is 24.5 Å². The minimum Gasteiger partial charge on any atom is -0.396 e. The third kappa shape index (κ3) is 5.17. The van der Waals surface area contributed by atoms with Crippen LogP contribution < -0.4 is 10.2 Å². The number of likely N-dealkylation sites (tertiary alicyclic amines) is 1. The number of nitrogens with one attached hydrogen (secondary N) is 1. The average Bonchev–Trinajstić information content (AvgIpc) is 3.33. The van der Waals surface area contributed by atoms with Crippen molar-refractivity contribution >= 4 is 23.2 Å². The van der Waals surface area contributed by atoms with E-state index in [1.165, 1.54) is 28.9 Å². The van der Waals surface area contributed by atoms with E-state index in [-0.39, 0.29) is 48.4 Å². The largest absolute Gasteiger partial charge is 0.396 e. The number of hydrogen-bond donors (Lipinski definition) is 2. The Balaban J connectivity index is 1.50. The molecule has 0 aliphatic carbocycles. The smallest absolute Gasteiger partial charge is 0.236 e. The van der Waals surface area contributed by atoms with Crippen molar-refractivity contribution in [2.24, 2.45) is 5.92 Å². The molecule has 37 heavy (non-hydrogen) atoms. The molecule has 3 aromatic heterocycles. The van der Waals surface area contributed by atoms with Crippen molar-refractivity contribution in [3.05, 3.63) is 36.2 Å². The van der Waals surface area contributed by atoms with E-state index in [0.717, 1.165) is 0 Å². The Morgan fingerprint density at radius 3 is 2.76 bits per heavy atom. The zero-order valence-corrected chi connectivity index (χ0v) is 20.3. The summed E-state index contributed by atoms with van der Waals surface area (Å²) in [7, 11) is 0. The van der Waals surface area contributed by atoms with Crippen molar-refractivity contribution in [1.82, 2.24) is 24.3 Å². The van der Waals surface area contributed by atoms with Crippen molar-refractivity contribution in [1.29, 1.82) is 5.26 Å². The summed E-state index contributed by atoms with van der Waals surface area (Å²) in [6.45, 7) is 2.03. The summed E-state index contributed by atoms with van der Waals surface area (Å²) in [5.41, 5.74) is 0.918. The highest BCUT2D eigenvalue weighted by Gasteiger charge is 2.29. The number of anilines is 2. The number of piperidine rings is 2. The van der Waals surface area contributed by atoms with E-state index < -0.39 is 11.6 Å². The van der Waals surface area contributed by atoms with Gasteiger partial charge in [-0.3, -0.25) is 9.20 Å². The molecule has 194 valence electrons. The predicted octanol–water partition coefficient (Wildman–Crippen LogP) is 2.59. The van der Waals surface area contributed by atoms with E-state index in [1.807, 2.05) is 11.0 Å². The van der Waals surface area contributed by atoms with Gasteiger partial charge >= 0.3 is 0 Å². The molecule has 2 N–H and O–H groups in total. The molecule has 3 aromatic rings. The van der Waals surface area contributed by atoms with Crippen LogP contribution in [0.1, 0.15) is 32.1 Å². The van der Waals surface area contributed by atoms with E-state index in [1.54, 1.807) is 4.90 Å². The van der Waals surface area contributed by atoms with Crippen molar-refractivity contribution in [3.8, 4) is 17.6 Å². The molecule has 10 nitrogen and oxygen atoms in total. The summed E-state index contributed by atoms with van der Waals surface area (Å²) in [4.78, 5) is 29.0. The summed E-state index contributed by atoms with van der Waals surface area (Å²) >= 11 is 0. The van der Waals surface area contributed by atoms with Crippen LogP contribution >= 0.6 is 0 Å². The summed E-state index contributed by atoms with van der Waals surface area (Å²) in [5, 5.41) is 21.5. The fourth-order valence-electron chi connectivity index (χ4n) is 5.00. The molecule has 0 spiro atoms. The fourth-order valence-corrected chi connectivity index (χ4v) is 5.00. The number of aliphatic hydroxyl groups excluding tert-OH is 1. The van der Waals surface area contributed by atoms with Crippen molar-refractivity contribution in [2.75, 3.05) is 43.0 Å². The number of fused-ring (bicyclic) bond motifs is 1. The zero-order chi connectivity index (χ0) is 25.9. The topological polar surface area (TPSA) is 123 Å². The normalized spacial score (nSPS) is 18.7. The fraction of sp³-hybridized carbons (Fsp3) is 0.480. The van der Waals surface area contributed by atoms with E-state index >= 15 is 4.39 Å². The molecule has 2 saturated heterocycles. The molecule has 1 atom stereocenters. The monoisotopic (exact) mass is 510 g/mol. The van der Waals surface area contributed by atoms with Gasteiger partial charge in [0.25, 0.3) is 0 Å². The number of aliphatic hydroxyl groups is 1. The highest BCUT2D eigenvalue weighted by Crippen LogP contribution is 2.31. The zero-order valence-electron chi connectivity index (χ0n) is 20.3. The van der Waals surface area contributed by atoms with Gasteiger partial charge in [-0.15, -0.1) is 0 Å². The first-order valence-electron chi connectivity index (χ1n) is 12.4. The molecule has 2 fully saturated rings. The Kier molecular flexibility index (Phi) is 7.14. The van der Waals surface area contributed by atoms with E-state index in [4.69, 9.17) is 5.26 Å². The maximum absolute atomic E-state index is 15.9. The maximum atomic E-state index is 15.9. The van der Waals surface area contributed by atoms with Gasteiger partial charge in [-0.2, -0.15) is 9.65 Å². The van der Waals surface area contributed by atoms with Crippen LogP contribution in [0.3, 0.4) is 0 Å². The molecule has 0 saturated carbocycles. The third-order valence-corrected chi connectivity index (χ3v) is 7.05. The molecule has 5 heterocycles. The first-order chi connectivity index (χ1) is 18.0. The van der Waals surface area contributed by atoms with Gasteiger partial charge in [0.1, 0.15) is 23.6 Å². The van der Waals surface area contributed by atoms with Crippen LogP contribution in [0.4, 0.5) is 20.4 Å². The number of rotatable bonds is 6. The summed E-state index contributed by atoms with van der Waals surface area (Å²) < 4.78 is 31.4. The Hall–Kier alpha value is -3.85. The number of pyridine rings is 1. The SMILES string of the molecule is N#CCC(=O)N1CCCC(Nc2nc(-c3cnc4ccc(F)cn34)nc(N3CCC(CO)CC3)c2F)C1. The van der Waals surface area contributed by atoms with Crippen LogP contribution in [0.2, 0.25) is 0 Å². The van der Waals surface area contributed by atoms with Crippen molar-refractivity contribution < 1.29 is 18.7 Å². The van der Waals surface area contributed by atoms with Crippen molar-refractivity contribution in [2.45, 2.75) is 38.1 Å². The number of nitrogens with zero attached hydrogens (tertiary/aromatic N) is 7. The Labute approximate surface area is 212 Å². The molecular weight excluding hydrogens is 482 g/mol. The first kappa shape index (κ1) is 24.8. The lowest BCUT2D eigenvalue weighted by Gasteiger charge is -2.34. The van der Waals surface area contributed by atoms with Gasteiger partial charge in [-0.25, -0.2) is 19.3 Å². The number of carbonyl (C=O) groups excluding carboxylic acids is 1. The van der Waals surface area contributed by atoms with Gasteiger partial charge < -0.3 is 20.2 Å². The maximum Gasteiger partial charge on any atom is 0.236 e. The first-order valence-corrected chi connectivity index (χ1v) is 12.4. The van der Waals surface area contributed by atoms with E-state index in [0.29, 0.717) is 63.2 Å². The van der Waals surface area contributed by atoms with E-state index in [2.05, 4.69) is 20.3 Å². The van der Waals surface area contributed by atoms with Gasteiger partial charge in [0.2, 0.25) is 11.7 Å². The molecule has 0 bridgehead atoms. The minimum atomic E-state index is -0.605. The van der Waals surface area contributed by atoms with Gasteiger partial charge in [0, 0.05) is 45.0 Å². The predicted molar refractivity (Wildman–Crippen MR) is 132 cm³/mol. The number of carbonyl (C=O) groups is 1. The average molecular weight is 511 g/mol. The molecule has 0 radical (unpaired) electrons. The molecular formula is C25H28F2N8O2. The highest BCUT2D eigenvalue weighted by atomic mass is 19.1. The van der Waals surface area contributed by atoms with E-state index in [9.17, 15) is 14.3 Å². The summed E-state index contributed by atoms with van der Waals surface area (Å²) in [6, 6.07) is 4.47. The van der Waals surface area contributed by atoms with Gasteiger partial charge in [-0.05, 0) is 43.7 Å². The Morgan fingerprint density at radius 2 is 2.00 bits per heavy atom. The number of imidazole rings is 1. The quantitative estimate of drug-likeness (QED) is 0.519. The molecule has 5 rings (SSSR count). The van der Waals surface area contributed by atoms with Crippen LogP contribution in [0, 0.1) is 28.9 Å². The van der Waals surface area contributed by atoms with Crippen molar-refractivity contribution in [3.63, 3.8) is 0 Å². The second-order valence-corrected chi connectivity index (χ2v) is 9.52. The molecule has 1 unspecified atom stereocenters. The molecule has 12 heteroatoms. The van der Waals surface area contributed by atoms with Crippen LogP contribution in [0.25, 0.3) is 17.2 Å². The standard InChI is InChI=1S/C25H28F2N8O2/c26-17-3-4-20-29-12-19(35(20)13-17)23-31-24(30-18-2-1-9-34(14-18)21(37)5-8-28)22(27)25(32-23)33-10-6-16(15-36)7-11-33/h3-4,12-13,16,18,36H,1-2,5-7,9-11,14-15H2,(H,30,31,32). The summed E-state index contributed by atoms with van der Waals surface area (Å²) in [5.74, 6) is -0.833. The molecule has 1 amide bonds. The molecule has 2 aliphatic rings. The lowest BCUT2D eigenvalue weighted by molar-refractivity contribution is -0.131. The third-order valence-electron chi connectivity index (χ3n) is 7.05. The number of aromatic nitrogens is 4. The lowest BCUT2D eigenvalue weighted by Crippen LogP contribution is -2.45. The molecule has 0 aromatic carbocycles. The highest BCUT2D eigenvalue weighted by molar-refractivity contribution is 5.78. The Bertz CT molecular complexity index is 1330. The van der Waals surface area contributed by atoms with Gasteiger partial charge in [-0.1, -0.05) is 0 Å². The number of nitriles is 1. The second kappa shape index (κ2) is 10.6. The van der Waals surface area contributed by atoms with Gasteiger partial charge in [0.15, 0.2) is 17.5 Å². The van der Waals surface area contributed by atoms with Crippen LogP contribution in [-0.4, -0.2) is 74.1 Å². The lowest BCUT2D eigenvalue weighted by atomic mass is 9.98. The second-order valence-electron chi connectivity index (χ2n) is 9.52. The minimum absolute atomic E-state index is 0.00443. The van der Waals surface area contributed by atoms with Gasteiger partial charge in [0.05, 0.1) is 12.3 Å². The number of amides is 1. The summed E-state index contributed by atoms with van der Waals surface area (Å²) in [6.07, 6.45) is 5.43. The van der Waals surface area contributed by atoms with Crippen LogP contribution in [0.5, 0.6) is 0 Å². The number of halogens is 2.